The van der Waals surface area contributed by atoms with Gasteiger partial charge in [0.2, 0.25) is 0 Å². The van der Waals surface area contributed by atoms with Crippen LogP contribution in [0.15, 0.2) is 109 Å². The van der Waals surface area contributed by atoms with Gasteiger partial charge in [-0.1, -0.05) is 96.1 Å². The van der Waals surface area contributed by atoms with E-state index in [-0.39, 0.29) is 10.8 Å². The summed E-state index contributed by atoms with van der Waals surface area (Å²) in [6.07, 6.45) is 1.80. The Morgan fingerprint density at radius 2 is 1.05 bits per heavy atom. The molecule has 0 atom stereocenters. The summed E-state index contributed by atoms with van der Waals surface area (Å²) in [4.78, 5) is 17.0. The fourth-order valence-corrected chi connectivity index (χ4v) is 4.51. The first-order valence-corrected chi connectivity index (χ1v) is 13.5. The Morgan fingerprint density at radius 3 is 1.62 bits per heavy atom. The van der Waals surface area contributed by atoms with Gasteiger partial charge in [-0.25, -0.2) is 9.97 Å². The van der Waals surface area contributed by atoms with E-state index >= 15 is 0 Å². The fourth-order valence-electron chi connectivity index (χ4n) is 4.51. The second-order valence-corrected chi connectivity index (χ2v) is 11.9. The molecule has 196 valence electrons. The van der Waals surface area contributed by atoms with E-state index in [1.54, 1.807) is 6.20 Å². The van der Waals surface area contributed by atoms with E-state index in [0.29, 0.717) is 0 Å². The maximum absolute atomic E-state index is 5.15. The molecule has 3 heterocycles. The van der Waals surface area contributed by atoms with Crippen molar-refractivity contribution in [1.29, 1.82) is 0 Å². The van der Waals surface area contributed by atoms with Gasteiger partial charge in [-0.2, -0.15) is 0 Å². The molecule has 0 bridgehead atoms. The van der Waals surface area contributed by atoms with E-state index < -0.39 is 0 Å². The van der Waals surface area contributed by atoms with Crippen molar-refractivity contribution < 1.29 is 0 Å². The van der Waals surface area contributed by atoms with Crippen molar-refractivity contribution >= 4 is 17.3 Å². The van der Waals surface area contributed by atoms with Gasteiger partial charge in [-0.15, -0.1) is 0 Å². The first-order valence-electron chi connectivity index (χ1n) is 13.5. The van der Waals surface area contributed by atoms with Gasteiger partial charge in [-0.05, 0) is 70.5 Å². The molecule has 0 aliphatic carbocycles. The van der Waals surface area contributed by atoms with Gasteiger partial charge < -0.3 is 0 Å². The molecule has 0 aliphatic heterocycles. The Bertz CT molecular complexity index is 1450. The molecule has 5 aromatic rings. The molecular formula is C35H36N4. The van der Waals surface area contributed by atoms with Gasteiger partial charge in [-0.3, -0.25) is 9.88 Å². The highest BCUT2D eigenvalue weighted by Gasteiger charge is 2.24. The van der Waals surface area contributed by atoms with Gasteiger partial charge >= 0.3 is 0 Å². The largest absolute Gasteiger partial charge is 0.279 e. The molecule has 3 aromatic heterocycles. The lowest BCUT2D eigenvalue weighted by molar-refractivity contribution is 0.568. The van der Waals surface area contributed by atoms with Crippen molar-refractivity contribution in [1.82, 2.24) is 15.0 Å². The maximum atomic E-state index is 5.15. The van der Waals surface area contributed by atoms with Crippen LogP contribution in [0.5, 0.6) is 0 Å². The van der Waals surface area contributed by atoms with Gasteiger partial charge in [0.15, 0.2) is 0 Å². The van der Waals surface area contributed by atoms with Crippen molar-refractivity contribution in [2.24, 2.45) is 0 Å². The van der Waals surface area contributed by atoms with E-state index in [9.17, 15) is 0 Å². The number of rotatable bonds is 5. The zero-order valence-electron chi connectivity index (χ0n) is 23.7. The monoisotopic (exact) mass is 512 g/mol. The van der Waals surface area contributed by atoms with Crippen molar-refractivity contribution in [3.8, 4) is 22.6 Å². The Labute approximate surface area is 232 Å². The molecular weight excluding hydrogens is 476 g/mol. The molecule has 5 rings (SSSR count). The second kappa shape index (κ2) is 10.5. The maximum Gasteiger partial charge on any atom is 0.139 e. The third kappa shape index (κ3) is 5.91. The van der Waals surface area contributed by atoms with Gasteiger partial charge in [0, 0.05) is 17.4 Å². The van der Waals surface area contributed by atoms with E-state index in [0.717, 1.165) is 40.0 Å². The SMILES string of the molecule is CC(C)(C)c1cc(N(c2cccc(-c3ccccc3)n2)c2cccc(-c3ccccn3)n2)cc(C(C)(C)C)c1. The highest BCUT2D eigenvalue weighted by Crippen LogP contribution is 2.39. The summed E-state index contributed by atoms with van der Waals surface area (Å²) < 4.78 is 0. The third-order valence-corrected chi connectivity index (χ3v) is 6.83. The van der Waals surface area contributed by atoms with Crippen molar-refractivity contribution in [2.75, 3.05) is 4.90 Å². The van der Waals surface area contributed by atoms with Crippen LogP contribution in [-0.4, -0.2) is 15.0 Å². The number of pyridine rings is 3. The molecule has 0 N–H and O–H groups in total. The molecule has 0 spiro atoms. The number of nitrogens with zero attached hydrogens (tertiary/aromatic N) is 4. The molecule has 0 fully saturated rings. The second-order valence-electron chi connectivity index (χ2n) is 11.9. The van der Waals surface area contributed by atoms with Crippen molar-refractivity contribution in [2.45, 2.75) is 52.4 Å². The molecule has 4 nitrogen and oxygen atoms in total. The van der Waals surface area contributed by atoms with Crippen LogP contribution >= 0.6 is 0 Å². The van der Waals surface area contributed by atoms with Gasteiger partial charge in [0.25, 0.3) is 0 Å². The molecule has 4 heteroatoms. The predicted octanol–water partition coefficient (Wildman–Crippen LogP) is 9.27. The van der Waals surface area contributed by atoms with Crippen molar-refractivity contribution in [3.63, 3.8) is 0 Å². The van der Waals surface area contributed by atoms with E-state index in [2.05, 4.69) is 100.0 Å². The van der Waals surface area contributed by atoms with E-state index in [1.165, 1.54) is 11.1 Å². The lowest BCUT2D eigenvalue weighted by Gasteiger charge is -2.30. The van der Waals surface area contributed by atoms with Crippen LogP contribution in [0, 0.1) is 0 Å². The van der Waals surface area contributed by atoms with E-state index in [1.807, 2.05) is 54.6 Å². The Morgan fingerprint density at radius 1 is 0.513 bits per heavy atom. The smallest absolute Gasteiger partial charge is 0.139 e. The molecule has 0 amide bonds. The highest BCUT2D eigenvalue weighted by atomic mass is 15.2. The van der Waals surface area contributed by atoms with E-state index in [4.69, 9.17) is 9.97 Å². The Balaban J connectivity index is 1.75. The zero-order chi connectivity index (χ0) is 27.6. The fraction of sp³-hybridized carbons (Fsp3) is 0.229. The standard InChI is InChI=1S/C35H36N4/c1-34(2,3)26-22-27(35(4,5)6)24-28(23-26)39(32-19-12-17-29(37-32)25-14-8-7-9-15-25)33-20-13-18-31(38-33)30-16-10-11-21-36-30/h7-24H,1-6H3. The number of hydrogen-bond donors (Lipinski definition) is 0. The summed E-state index contributed by atoms with van der Waals surface area (Å²) in [5, 5.41) is 0. The predicted molar refractivity (Wildman–Crippen MR) is 163 cm³/mol. The lowest BCUT2D eigenvalue weighted by Crippen LogP contribution is -2.20. The Kier molecular flexibility index (Phi) is 7.05. The highest BCUT2D eigenvalue weighted by molar-refractivity contribution is 5.76. The summed E-state index contributed by atoms with van der Waals surface area (Å²) >= 11 is 0. The normalized spacial score (nSPS) is 11.8. The first kappa shape index (κ1) is 26.3. The molecule has 2 aromatic carbocycles. The Hall–Kier alpha value is -4.31. The molecule has 39 heavy (non-hydrogen) atoms. The van der Waals surface area contributed by atoms with Crippen molar-refractivity contribution in [3.05, 3.63) is 120 Å². The van der Waals surface area contributed by atoms with Gasteiger partial charge in [0.05, 0.1) is 17.1 Å². The minimum absolute atomic E-state index is 0.0236. The first-order chi connectivity index (χ1) is 18.6. The van der Waals surface area contributed by atoms with Gasteiger partial charge in [0.1, 0.15) is 11.6 Å². The van der Waals surface area contributed by atoms with Crippen LogP contribution in [0.3, 0.4) is 0 Å². The average Bonchev–Trinajstić information content (AvgIpc) is 2.93. The quantitative estimate of drug-likeness (QED) is 0.235. The van der Waals surface area contributed by atoms with Crippen LogP contribution < -0.4 is 4.90 Å². The van der Waals surface area contributed by atoms with Crippen LogP contribution in [0.4, 0.5) is 17.3 Å². The number of anilines is 3. The summed E-state index contributed by atoms with van der Waals surface area (Å²) in [6, 6.07) is 35.4. The number of hydrogen-bond acceptors (Lipinski definition) is 4. The minimum Gasteiger partial charge on any atom is -0.279 e. The minimum atomic E-state index is -0.0236. The van der Waals surface area contributed by atoms with Crippen LogP contribution in [0.2, 0.25) is 0 Å². The molecule has 0 saturated heterocycles. The summed E-state index contributed by atoms with van der Waals surface area (Å²) in [5.41, 5.74) is 7.19. The summed E-state index contributed by atoms with van der Waals surface area (Å²) in [5.74, 6) is 1.61. The third-order valence-electron chi connectivity index (χ3n) is 6.83. The molecule has 0 saturated carbocycles. The van der Waals surface area contributed by atoms with Crippen LogP contribution in [0.25, 0.3) is 22.6 Å². The average molecular weight is 513 g/mol. The van der Waals surface area contributed by atoms with Crippen LogP contribution in [0.1, 0.15) is 52.7 Å². The number of benzene rings is 2. The number of aromatic nitrogens is 3. The van der Waals surface area contributed by atoms with Crippen LogP contribution in [-0.2, 0) is 10.8 Å². The molecule has 0 unspecified atom stereocenters. The lowest BCUT2D eigenvalue weighted by atomic mass is 9.80. The zero-order valence-corrected chi connectivity index (χ0v) is 23.7. The molecule has 0 radical (unpaired) electrons. The summed E-state index contributed by atoms with van der Waals surface area (Å²) in [7, 11) is 0. The molecule has 0 aliphatic rings. The summed E-state index contributed by atoms with van der Waals surface area (Å²) in [6.45, 7) is 13.6. The topological polar surface area (TPSA) is 41.9 Å².